The van der Waals surface area contributed by atoms with Crippen molar-refractivity contribution in [3.05, 3.63) is 11.4 Å². The summed E-state index contributed by atoms with van der Waals surface area (Å²) in [5.41, 5.74) is -0.668. The van der Waals surface area contributed by atoms with Crippen LogP contribution < -0.4 is 4.72 Å². The molecule has 0 bridgehead atoms. The molecule has 2 N–H and O–H groups in total. The number of nitrogens with zero attached hydrogens (tertiary/aromatic N) is 2. The van der Waals surface area contributed by atoms with Crippen LogP contribution in [0.3, 0.4) is 0 Å². The predicted molar refractivity (Wildman–Crippen MR) is 74.0 cm³/mol. The highest BCUT2D eigenvalue weighted by atomic mass is 32.2. The van der Waals surface area contributed by atoms with E-state index in [1.165, 1.54) is 4.68 Å². The summed E-state index contributed by atoms with van der Waals surface area (Å²) < 4.78 is 28.8. The van der Waals surface area contributed by atoms with Crippen molar-refractivity contribution in [2.45, 2.75) is 51.0 Å². The van der Waals surface area contributed by atoms with Gasteiger partial charge in [0, 0.05) is 7.05 Å². The highest BCUT2D eigenvalue weighted by Crippen LogP contribution is 2.23. The molecule has 8 heteroatoms. The summed E-state index contributed by atoms with van der Waals surface area (Å²) in [6.45, 7) is 6.50. The van der Waals surface area contributed by atoms with E-state index in [4.69, 9.17) is 0 Å². The number of sulfonamides is 1. The van der Waals surface area contributed by atoms with Gasteiger partial charge in [-0.2, -0.15) is 9.82 Å². The molecule has 0 aliphatic heterocycles. The Labute approximate surface area is 119 Å². The number of rotatable bonds is 6. The molecule has 20 heavy (non-hydrogen) atoms. The second-order valence-electron chi connectivity index (χ2n) is 4.82. The smallest absolute Gasteiger partial charge is 0.324 e. The Morgan fingerprint density at radius 3 is 2.15 bits per heavy atom. The van der Waals surface area contributed by atoms with Gasteiger partial charge < -0.3 is 5.11 Å². The average Bonchev–Trinajstić information content (AvgIpc) is 2.60. The minimum absolute atomic E-state index is 0.0486. The SMILES string of the molecule is CCC(CC)(NS(=O)(=O)c1c(C)nn(C)c1C)C(=O)O. The van der Waals surface area contributed by atoms with Crippen LogP contribution in [0.25, 0.3) is 0 Å². The molecule has 0 aliphatic carbocycles. The fourth-order valence-electron chi connectivity index (χ4n) is 2.19. The highest BCUT2D eigenvalue weighted by Gasteiger charge is 2.40. The zero-order valence-corrected chi connectivity index (χ0v) is 13.2. The Hall–Kier alpha value is -1.41. The van der Waals surface area contributed by atoms with Gasteiger partial charge in [-0.3, -0.25) is 9.48 Å². The number of hydrogen-bond acceptors (Lipinski definition) is 4. The summed E-state index contributed by atoms with van der Waals surface area (Å²) in [4.78, 5) is 11.5. The Morgan fingerprint density at radius 1 is 1.35 bits per heavy atom. The number of carbonyl (C=O) groups is 1. The molecule has 0 fully saturated rings. The van der Waals surface area contributed by atoms with Crippen molar-refractivity contribution < 1.29 is 18.3 Å². The molecular weight excluding hydrogens is 282 g/mol. The van der Waals surface area contributed by atoms with Crippen LogP contribution in [-0.2, 0) is 21.9 Å². The van der Waals surface area contributed by atoms with Gasteiger partial charge in [0.15, 0.2) is 0 Å². The molecule has 1 rings (SSSR count). The standard InChI is InChI=1S/C12H21N3O4S/c1-6-12(7-2,11(16)17)14-20(18,19)10-8(3)13-15(5)9(10)4/h14H,6-7H2,1-5H3,(H,16,17). The van der Waals surface area contributed by atoms with Gasteiger partial charge in [-0.15, -0.1) is 0 Å². The van der Waals surface area contributed by atoms with Gasteiger partial charge in [0.25, 0.3) is 0 Å². The summed E-state index contributed by atoms with van der Waals surface area (Å²) >= 11 is 0. The monoisotopic (exact) mass is 303 g/mol. The van der Waals surface area contributed by atoms with Crippen molar-refractivity contribution in [1.82, 2.24) is 14.5 Å². The second kappa shape index (κ2) is 5.53. The minimum Gasteiger partial charge on any atom is -0.480 e. The lowest BCUT2D eigenvalue weighted by molar-refractivity contribution is -0.144. The van der Waals surface area contributed by atoms with Crippen LogP contribution in [0.1, 0.15) is 38.1 Å². The molecule has 1 aromatic rings. The van der Waals surface area contributed by atoms with Crippen molar-refractivity contribution in [1.29, 1.82) is 0 Å². The first kappa shape index (κ1) is 16.6. The molecule has 1 aromatic heterocycles. The third-order valence-corrected chi connectivity index (χ3v) is 5.45. The van der Waals surface area contributed by atoms with Crippen molar-refractivity contribution in [3.63, 3.8) is 0 Å². The Bertz CT molecular complexity index is 615. The van der Waals surface area contributed by atoms with E-state index in [0.29, 0.717) is 11.4 Å². The summed E-state index contributed by atoms with van der Waals surface area (Å²) in [7, 11) is -2.30. The number of carboxylic acids is 1. The molecule has 0 radical (unpaired) electrons. The zero-order chi connectivity index (χ0) is 15.7. The summed E-state index contributed by atoms with van der Waals surface area (Å²) in [6, 6.07) is 0. The third-order valence-electron chi connectivity index (χ3n) is 3.66. The Balaban J connectivity index is 3.34. The van der Waals surface area contributed by atoms with Gasteiger partial charge in [0.2, 0.25) is 10.0 Å². The first-order chi connectivity index (χ1) is 9.11. The average molecular weight is 303 g/mol. The zero-order valence-electron chi connectivity index (χ0n) is 12.4. The van der Waals surface area contributed by atoms with Crippen LogP contribution in [0.5, 0.6) is 0 Å². The van der Waals surface area contributed by atoms with Gasteiger partial charge >= 0.3 is 5.97 Å². The van der Waals surface area contributed by atoms with Crippen LogP contribution in [0, 0.1) is 13.8 Å². The van der Waals surface area contributed by atoms with E-state index in [9.17, 15) is 18.3 Å². The molecule has 0 atom stereocenters. The molecule has 114 valence electrons. The van der Waals surface area contributed by atoms with Crippen molar-refractivity contribution in [2.24, 2.45) is 7.05 Å². The Morgan fingerprint density at radius 2 is 1.85 bits per heavy atom. The molecule has 0 aromatic carbocycles. The van der Waals surface area contributed by atoms with Crippen LogP contribution in [-0.4, -0.2) is 34.8 Å². The van der Waals surface area contributed by atoms with Gasteiger partial charge in [0.05, 0.1) is 11.4 Å². The number of aliphatic carboxylic acids is 1. The van der Waals surface area contributed by atoms with Crippen LogP contribution in [0.15, 0.2) is 4.90 Å². The third kappa shape index (κ3) is 2.71. The molecular formula is C12H21N3O4S. The van der Waals surface area contributed by atoms with E-state index in [1.807, 2.05) is 0 Å². The lowest BCUT2D eigenvalue weighted by Crippen LogP contribution is -2.53. The first-order valence-electron chi connectivity index (χ1n) is 6.39. The molecule has 0 saturated carbocycles. The predicted octanol–water partition coefficient (Wildman–Crippen LogP) is 0.959. The number of carboxylic acid groups (broad SMARTS) is 1. The van der Waals surface area contributed by atoms with Crippen LogP contribution >= 0.6 is 0 Å². The maximum absolute atomic E-state index is 12.5. The minimum atomic E-state index is -3.94. The van der Waals surface area contributed by atoms with E-state index in [0.717, 1.165) is 0 Å². The fraction of sp³-hybridized carbons (Fsp3) is 0.667. The molecule has 0 spiro atoms. The molecule has 7 nitrogen and oxygen atoms in total. The van der Waals surface area contributed by atoms with Crippen LogP contribution in [0.4, 0.5) is 0 Å². The van der Waals surface area contributed by atoms with E-state index in [2.05, 4.69) is 9.82 Å². The highest BCUT2D eigenvalue weighted by molar-refractivity contribution is 7.89. The van der Waals surface area contributed by atoms with Gasteiger partial charge in [-0.1, -0.05) is 13.8 Å². The van der Waals surface area contributed by atoms with E-state index < -0.39 is 21.5 Å². The normalized spacial score (nSPS) is 12.7. The summed E-state index contributed by atoms with van der Waals surface area (Å²) in [5, 5.41) is 13.4. The van der Waals surface area contributed by atoms with Crippen molar-refractivity contribution in [2.75, 3.05) is 0 Å². The molecule has 1 heterocycles. The van der Waals surface area contributed by atoms with Gasteiger partial charge in [-0.05, 0) is 26.7 Å². The summed E-state index contributed by atoms with van der Waals surface area (Å²) in [5.74, 6) is -1.18. The number of hydrogen-bond donors (Lipinski definition) is 2. The van der Waals surface area contributed by atoms with E-state index >= 15 is 0 Å². The first-order valence-corrected chi connectivity index (χ1v) is 7.87. The van der Waals surface area contributed by atoms with Crippen molar-refractivity contribution >= 4 is 16.0 Å². The van der Waals surface area contributed by atoms with Gasteiger partial charge in [0.1, 0.15) is 10.4 Å². The summed E-state index contributed by atoms with van der Waals surface area (Å²) in [6.07, 6.45) is 0.326. The quantitative estimate of drug-likeness (QED) is 0.815. The number of aromatic nitrogens is 2. The maximum Gasteiger partial charge on any atom is 0.324 e. The molecule has 0 unspecified atom stereocenters. The largest absolute Gasteiger partial charge is 0.480 e. The number of aryl methyl sites for hydroxylation is 2. The number of nitrogens with one attached hydrogen (secondary N) is 1. The lowest BCUT2D eigenvalue weighted by atomic mass is 9.95. The Kier molecular flexibility index (Phi) is 4.60. The fourth-order valence-corrected chi connectivity index (χ4v) is 4.13. The molecule has 0 saturated heterocycles. The molecule has 0 amide bonds. The lowest BCUT2D eigenvalue weighted by Gasteiger charge is -2.27. The maximum atomic E-state index is 12.5. The van der Waals surface area contributed by atoms with Crippen molar-refractivity contribution in [3.8, 4) is 0 Å². The topological polar surface area (TPSA) is 101 Å². The van der Waals surface area contributed by atoms with Crippen LogP contribution in [0.2, 0.25) is 0 Å². The van der Waals surface area contributed by atoms with E-state index in [1.54, 1.807) is 34.7 Å². The molecule has 0 aliphatic rings. The van der Waals surface area contributed by atoms with Gasteiger partial charge in [-0.25, -0.2) is 8.42 Å². The second-order valence-corrected chi connectivity index (χ2v) is 6.44. The van der Waals surface area contributed by atoms with E-state index in [-0.39, 0.29) is 17.7 Å².